The van der Waals surface area contributed by atoms with Gasteiger partial charge in [-0.1, -0.05) is 72.8 Å². The average Bonchev–Trinajstić information content (AvgIpc) is 3.16. The smallest absolute Gasteiger partial charge is 0.132 e. The van der Waals surface area contributed by atoms with Crippen molar-refractivity contribution >= 4 is 47.3 Å². The minimum Gasteiger partial charge on any atom is -0.793 e. The van der Waals surface area contributed by atoms with Crippen LogP contribution in [0, 0.1) is 0 Å². The first-order valence-electron chi connectivity index (χ1n) is 18.1. The normalized spacial score (nSPS) is 15.6. The SMILES string of the molecule is C[N+](C)(Cc1ccc(C[N+](C)(C)c2ccc(P(=O)([O-])c3ccc(C[C@H](N)CN)cc3)cc2)cc1)c1ccc(P(=O)([O-])c2ccc(C[C@H](N)CN)cc2)cc1. The van der Waals surface area contributed by atoms with Gasteiger partial charge in [0.1, 0.15) is 24.5 Å². The Morgan fingerprint density at radius 2 is 0.704 bits per heavy atom. The zero-order chi connectivity index (χ0) is 39.3. The molecule has 5 aromatic rings. The summed E-state index contributed by atoms with van der Waals surface area (Å²) in [5.74, 6) is 0. The minimum absolute atomic E-state index is 0.163. The maximum atomic E-state index is 13.4. The molecule has 10 nitrogen and oxygen atoms in total. The van der Waals surface area contributed by atoms with Gasteiger partial charge >= 0.3 is 0 Å². The largest absolute Gasteiger partial charge is 0.793 e. The van der Waals surface area contributed by atoms with Crippen molar-refractivity contribution in [3.8, 4) is 0 Å². The van der Waals surface area contributed by atoms with Gasteiger partial charge in [0, 0.05) is 57.5 Å². The Kier molecular flexibility index (Phi) is 13.0. The minimum atomic E-state index is -4.02. The van der Waals surface area contributed by atoms with Gasteiger partial charge in [-0.25, -0.2) is 0 Å². The molecule has 2 unspecified atom stereocenters. The van der Waals surface area contributed by atoms with E-state index < -0.39 is 14.7 Å². The van der Waals surface area contributed by atoms with E-state index in [0.717, 1.165) is 33.6 Å². The maximum Gasteiger partial charge on any atom is 0.132 e. The van der Waals surface area contributed by atoms with Crippen LogP contribution >= 0.6 is 14.7 Å². The van der Waals surface area contributed by atoms with Crippen molar-refractivity contribution in [3.05, 3.63) is 144 Å². The van der Waals surface area contributed by atoms with E-state index in [-0.39, 0.29) is 33.3 Å². The first kappa shape index (κ1) is 41.4. The van der Waals surface area contributed by atoms with Gasteiger partial charge in [-0.2, -0.15) is 0 Å². The van der Waals surface area contributed by atoms with Gasteiger partial charge in [-0.05, 0) is 72.5 Å². The van der Waals surface area contributed by atoms with Crippen LogP contribution in [-0.4, -0.2) is 53.4 Å². The summed E-state index contributed by atoms with van der Waals surface area (Å²) in [5, 5.41) is 1.08. The van der Waals surface area contributed by atoms with Gasteiger partial charge in [0.2, 0.25) is 0 Å². The van der Waals surface area contributed by atoms with Crippen LogP contribution in [0.3, 0.4) is 0 Å². The molecule has 4 atom stereocenters. The van der Waals surface area contributed by atoms with E-state index in [9.17, 15) is 18.9 Å². The second-order valence-corrected chi connectivity index (χ2v) is 19.6. The lowest BCUT2D eigenvalue weighted by Gasteiger charge is -2.31. The maximum absolute atomic E-state index is 13.4. The molecule has 0 bridgehead atoms. The molecule has 0 aliphatic rings. The molecule has 12 heteroatoms. The van der Waals surface area contributed by atoms with Crippen LogP contribution in [0.2, 0.25) is 0 Å². The fourth-order valence-electron chi connectivity index (χ4n) is 6.68. The van der Waals surface area contributed by atoms with E-state index in [0.29, 0.717) is 48.0 Å². The summed E-state index contributed by atoms with van der Waals surface area (Å²) < 4.78 is 27.8. The van der Waals surface area contributed by atoms with Crippen molar-refractivity contribution in [3.63, 3.8) is 0 Å². The van der Waals surface area contributed by atoms with Crippen molar-refractivity contribution in [2.75, 3.05) is 41.3 Å². The molecule has 54 heavy (non-hydrogen) atoms. The molecule has 5 rings (SSSR count). The van der Waals surface area contributed by atoms with Crippen LogP contribution in [0.1, 0.15) is 22.3 Å². The van der Waals surface area contributed by atoms with Gasteiger partial charge in [-0.3, -0.25) is 8.97 Å². The molecule has 0 saturated heterocycles. The molecule has 0 aliphatic heterocycles. The van der Waals surface area contributed by atoms with Crippen LogP contribution in [0.15, 0.2) is 121 Å². The first-order valence-corrected chi connectivity index (χ1v) is 21.4. The molecule has 0 amide bonds. The molecule has 0 radical (unpaired) electrons. The van der Waals surface area contributed by atoms with Crippen molar-refractivity contribution in [2.45, 2.75) is 38.0 Å². The Bertz CT molecular complexity index is 1940. The van der Waals surface area contributed by atoms with Crippen molar-refractivity contribution in [1.29, 1.82) is 0 Å². The summed E-state index contributed by atoms with van der Waals surface area (Å²) in [6.45, 7) is 2.15. The molecule has 8 N–H and O–H groups in total. The number of quaternary nitrogens is 2. The van der Waals surface area contributed by atoms with Gasteiger partial charge in [0.15, 0.2) is 0 Å². The zero-order valence-electron chi connectivity index (χ0n) is 31.7. The van der Waals surface area contributed by atoms with Gasteiger partial charge < -0.3 is 41.9 Å². The topological polar surface area (TPSA) is 184 Å². The van der Waals surface area contributed by atoms with Crippen LogP contribution in [0.4, 0.5) is 11.4 Å². The predicted octanol–water partition coefficient (Wildman–Crippen LogP) is 2.06. The number of benzene rings is 5. The van der Waals surface area contributed by atoms with Crippen LogP contribution in [-0.2, 0) is 35.1 Å². The lowest BCUT2D eigenvalue weighted by molar-refractivity contribution is -0.168. The van der Waals surface area contributed by atoms with Crippen LogP contribution in [0.5, 0.6) is 0 Å². The summed E-state index contributed by atoms with van der Waals surface area (Å²) >= 11 is 0. The molecule has 0 aliphatic carbocycles. The Morgan fingerprint density at radius 1 is 0.463 bits per heavy atom. The van der Waals surface area contributed by atoms with E-state index in [1.54, 1.807) is 72.8 Å². The Hall–Kier alpha value is -3.76. The molecular weight excluding hydrogens is 714 g/mol. The van der Waals surface area contributed by atoms with Crippen LogP contribution in [0.25, 0.3) is 0 Å². The summed E-state index contributed by atoms with van der Waals surface area (Å²) in [5.41, 5.74) is 29.3. The summed E-state index contributed by atoms with van der Waals surface area (Å²) in [4.78, 5) is 26.8. The van der Waals surface area contributed by atoms with Crippen LogP contribution < -0.4 is 62.9 Å². The molecule has 0 fully saturated rings. The third-order valence-corrected chi connectivity index (χ3v) is 14.0. The highest BCUT2D eigenvalue weighted by Crippen LogP contribution is 2.36. The highest BCUT2D eigenvalue weighted by Gasteiger charge is 2.24. The second kappa shape index (κ2) is 16.9. The van der Waals surface area contributed by atoms with E-state index in [2.05, 4.69) is 52.5 Å². The summed E-state index contributed by atoms with van der Waals surface area (Å²) in [7, 11) is 0.365. The van der Waals surface area contributed by atoms with Crippen molar-refractivity contribution in [2.24, 2.45) is 22.9 Å². The van der Waals surface area contributed by atoms with Gasteiger partial charge in [0.05, 0.1) is 42.9 Å². The molecule has 5 aromatic carbocycles. The number of nitrogens with zero attached hydrogens (tertiary/aromatic N) is 2. The molecule has 0 heterocycles. The van der Waals surface area contributed by atoms with Crippen molar-refractivity contribution < 1.29 is 18.9 Å². The number of hydrogen-bond donors (Lipinski definition) is 4. The molecule has 0 spiro atoms. The zero-order valence-corrected chi connectivity index (χ0v) is 33.5. The van der Waals surface area contributed by atoms with Gasteiger partial charge in [-0.15, -0.1) is 0 Å². The third-order valence-electron chi connectivity index (χ3n) is 10.1. The highest BCUT2D eigenvalue weighted by molar-refractivity contribution is 7.72. The molecular formula is C42H54N6O4P2. The number of hydrogen-bond acceptors (Lipinski definition) is 8. The lowest BCUT2D eigenvalue weighted by Crippen LogP contribution is -2.40. The summed E-state index contributed by atoms with van der Waals surface area (Å²) in [6, 6.07) is 36.2. The highest BCUT2D eigenvalue weighted by atomic mass is 31.2. The Balaban J connectivity index is 1.20. The Labute approximate surface area is 320 Å². The second-order valence-electron chi connectivity index (χ2n) is 15.4. The van der Waals surface area contributed by atoms with Crippen molar-refractivity contribution in [1.82, 2.24) is 8.97 Å². The lowest BCUT2D eigenvalue weighted by atomic mass is 10.1. The summed E-state index contributed by atoms with van der Waals surface area (Å²) in [6.07, 6.45) is 1.19. The average molecular weight is 769 g/mol. The fraction of sp³-hybridized carbons (Fsp3) is 0.286. The standard InChI is InChI=1S/C42H54N6O4P2/c1-47(2,37-13-21-41(22-14-37)53(49,50)39-17-9-31(10-18-39)25-35(45)27-43)29-33-5-7-34(8-6-33)30-48(3,4)38-15-23-42(24-16-38)54(51,52)40-19-11-32(12-20-40)26-36(46)28-44/h5-24,35-36H,25-30,43-46H2,1-4H3/t35-,36-/m0/s1. The predicted molar refractivity (Wildman–Crippen MR) is 222 cm³/mol. The quantitative estimate of drug-likeness (QED) is 0.0869. The van der Waals surface area contributed by atoms with E-state index in [1.807, 2.05) is 24.3 Å². The fourth-order valence-corrected chi connectivity index (χ4v) is 9.44. The molecule has 0 aromatic heterocycles. The monoisotopic (exact) mass is 768 g/mol. The number of nitrogens with two attached hydrogens (primary N) is 4. The molecule has 0 saturated carbocycles. The number of rotatable bonds is 16. The van der Waals surface area contributed by atoms with E-state index in [4.69, 9.17) is 22.9 Å². The molecule has 286 valence electrons. The third kappa shape index (κ3) is 9.91. The van der Waals surface area contributed by atoms with E-state index >= 15 is 0 Å². The van der Waals surface area contributed by atoms with Gasteiger partial charge in [0.25, 0.3) is 0 Å². The van der Waals surface area contributed by atoms with E-state index in [1.165, 1.54) is 0 Å². The first-order chi connectivity index (χ1) is 25.4. The Morgan fingerprint density at radius 3 is 0.963 bits per heavy atom.